The van der Waals surface area contributed by atoms with Gasteiger partial charge in [0.05, 0.1) is 7.11 Å². The van der Waals surface area contributed by atoms with E-state index in [1.54, 1.807) is 7.11 Å². The molecule has 4 heteroatoms. The molecular formula is C15H25N3O. The first-order valence-electron chi connectivity index (χ1n) is 6.88. The van der Waals surface area contributed by atoms with Crippen molar-refractivity contribution in [1.82, 2.24) is 9.80 Å². The second-order valence-electron chi connectivity index (χ2n) is 5.56. The van der Waals surface area contributed by atoms with E-state index in [1.807, 2.05) is 6.07 Å². The fourth-order valence-corrected chi connectivity index (χ4v) is 2.69. The monoisotopic (exact) mass is 263 g/mol. The average Bonchev–Trinajstić information content (AvgIpc) is 2.81. The van der Waals surface area contributed by atoms with Gasteiger partial charge < -0.3 is 15.4 Å². The van der Waals surface area contributed by atoms with Crippen LogP contribution in [0.1, 0.15) is 18.0 Å². The summed E-state index contributed by atoms with van der Waals surface area (Å²) >= 11 is 0. The Hall–Kier alpha value is -1.10. The first-order valence-corrected chi connectivity index (χ1v) is 6.88. The number of hydrogen-bond donors (Lipinski definition) is 1. The number of methoxy groups -OCH3 is 1. The molecule has 1 fully saturated rings. The maximum absolute atomic E-state index is 5.99. The Kier molecular flexibility index (Phi) is 4.80. The highest BCUT2D eigenvalue weighted by atomic mass is 16.5. The van der Waals surface area contributed by atoms with Crippen molar-refractivity contribution in [3.63, 3.8) is 0 Å². The molecule has 1 aliphatic rings. The van der Waals surface area contributed by atoms with Gasteiger partial charge in [-0.1, -0.05) is 12.1 Å². The highest BCUT2D eigenvalue weighted by molar-refractivity contribution is 5.30. The van der Waals surface area contributed by atoms with Gasteiger partial charge in [-0.2, -0.15) is 0 Å². The maximum atomic E-state index is 5.99. The normalized spacial score (nSPS) is 21.8. The van der Waals surface area contributed by atoms with Gasteiger partial charge in [0.25, 0.3) is 0 Å². The first-order chi connectivity index (χ1) is 9.10. The summed E-state index contributed by atoms with van der Waals surface area (Å²) in [5, 5.41) is 0. The van der Waals surface area contributed by atoms with E-state index < -0.39 is 0 Å². The Bertz CT molecular complexity index is 408. The van der Waals surface area contributed by atoms with Crippen LogP contribution < -0.4 is 10.5 Å². The zero-order valence-electron chi connectivity index (χ0n) is 12.2. The Morgan fingerprint density at radius 1 is 1.47 bits per heavy atom. The van der Waals surface area contributed by atoms with Crippen LogP contribution in [0.3, 0.4) is 0 Å². The summed E-state index contributed by atoms with van der Waals surface area (Å²) in [6, 6.07) is 9.06. The second kappa shape index (κ2) is 6.37. The molecule has 0 saturated carbocycles. The lowest BCUT2D eigenvalue weighted by Crippen LogP contribution is -2.35. The number of benzene rings is 1. The molecule has 0 spiro atoms. The van der Waals surface area contributed by atoms with Crippen molar-refractivity contribution >= 4 is 0 Å². The van der Waals surface area contributed by atoms with Crippen molar-refractivity contribution < 1.29 is 4.74 Å². The van der Waals surface area contributed by atoms with E-state index in [9.17, 15) is 0 Å². The minimum absolute atomic E-state index is 0.341. The Morgan fingerprint density at radius 3 is 2.84 bits per heavy atom. The van der Waals surface area contributed by atoms with Crippen LogP contribution in [0.25, 0.3) is 0 Å². The summed E-state index contributed by atoms with van der Waals surface area (Å²) in [5.74, 6) is 0.919. The molecule has 4 nitrogen and oxygen atoms in total. The van der Waals surface area contributed by atoms with E-state index >= 15 is 0 Å². The SMILES string of the molecule is COc1cccc(C(CN2CCC(N)C2)N(C)C)c1. The lowest BCUT2D eigenvalue weighted by molar-refractivity contribution is 0.207. The molecule has 2 unspecified atom stereocenters. The Labute approximate surface area is 116 Å². The third kappa shape index (κ3) is 3.69. The van der Waals surface area contributed by atoms with Crippen LogP contribution in [0.4, 0.5) is 0 Å². The van der Waals surface area contributed by atoms with Gasteiger partial charge in [-0.05, 0) is 44.8 Å². The van der Waals surface area contributed by atoms with Gasteiger partial charge >= 0.3 is 0 Å². The molecule has 2 N–H and O–H groups in total. The van der Waals surface area contributed by atoms with E-state index in [1.165, 1.54) is 5.56 Å². The number of nitrogens with zero attached hydrogens (tertiary/aromatic N) is 2. The predicted octanol–water partition coefficient (Wildman–Crippen LogP) is 1.33. The number of likely N-dealkylation sites (N-methyl/N-ethyl adjacent to an activating group) is 1. The molecule has 106 valence electrons. The van der Waals surface area contributed by atoms with Crippen LogP contribution >= 0.6 is 0 Å². The second-order valence-corrected chi connectivity index (χ2v) is 5.56. The summed E-state index contributed by atoms with van der Waals surface area (Å²) in [5.41, 5.74) is 7.28. The summed E-state index contributed by atoms with van der Waals surface area (Å²) in [7, 11) is 5.96. The van der Waals surface area contributed by atoms with E-state index in [4.69, 9.17) is 10.5 Å². The van der Waals surface area contributed by atoms with Gasteiger partial charge in [0.1, 0.15) is 5.75 Å². The van der Waals surface area contributed by atoms with E-state index in [2.05, 4.69) is 42.1 Å². The van der Waals surface area contributed by atoms with Crippen LogP contribution in [0, 0.1) is 0 Å². The average molecular weight is 263 g/mol. The number of ether oxygens (including phenoxy) is 1. The molecule has 0 amide bonds. The summed E-state index contributed by atoms with van der Waals surface area (Å²) < 4.78 is 5.32. The Balaban J connectivity index is 2.10. The zero-order chi connectivity index (χ0) is 13.8. The summed E-state index contributed by atoms with van der Waals surface area (Å²) in [6.07, 6.45) is 1.11. The molecule has 1 aliphatic heterocycles. The van der Waals surface area contributed by atoms with Crippen LogP contribution in [0.2, 0.25) is 0 Å². The standard InChI is InChI=1S/C15H25N3O/c1-17(2)15(11-18-8-7-13(16)10-18)12-5-4-6-14(9-12)19-3/h4-6,9,13,15H,7-8,10-11,16H2,1-3H3. The van der Waals surface area contributed by atoms with Crippen LogP contribution in [0.5, 0.6) is 5.75 Å². The molecule has 0 aliphatic carbocycles. The molecule has 0 aromatic heterocycles. The van der Waals surface area contributed by atoms with E-state index in [0.29, 0.717) is 12.1 Å². The predicted molar refractivity (Wildman–Crippen MR) is 78.5 cm³/mol. The molecule has 1 aromatic rings. The first kappa shape index (κ1) is 14.3. The lowest BCUT2D eigenvalue weighted by atomic mass is 10.1. The molecule has 1 saturated heterocycles. The molecule has 1 heterocycles. The van der Waals surface area contributed by atoms with Crippen molar-refractivity contribution in [3.8, 4) is 5.75 Å². The number of likely N-dealkylation sites (tertiary alicyclic amines) is 1. The number of rotatable bonds is 5. The van der Waals surface area contributed by atoms with Gasteiger partial charge in [0.2, 0.25) is 0 Å². The molecular weight excluding hydrogens is 238 g/mol. The number of hydrogen-bond acceptors (Lipinski definition) is 4. The maximum Gasteiger partial charge on any atom is 0.119 e. The Morgan fingerprint density at radius 2 is 2.26 bits per heavy atom. The van der Waals surface area contributed by atoms with E-state index in [-0.39, 0.29) is 0 Å². The lowest BCUT2D eigenvalue weighted by Gasteiger charge is -2.29. The largest absolute Gasteiger partial charge is 0.497 e. The van der Waals surface area contributed by atoms with Gasteiger partial charge in [-0.25, -0.2) is 0 Å². The van der Waals surface area contributed by atoms with Gasteiger partial charge in [-0.15, -0.1) is 0 Å². The summed E-state index contributed by atoms with van der Waals surface area (Å²) in [4.78, 5) is 4.72. The molecule has 0 bridgehead atoms. The minimum Gasteiger partial charge on any atom is -0.497 e. The van der Waals surface area contributed by atoms with Crippen molar-refractivity contribution in [1.29, 1.82) is 0 Å². The third-order valence-electron chi connectivity index (χ3n) is 3.84. The summed E-state index contributed by atoms with van der Waals surface area (Å²) in [6.45, 7) is 3.14. The highest BCUT2D eigenvalue weighted by Crippen LogP contribution is 2.24. The number of nitrogens with two attached hydrogens (primary N) is 1. The zero-order valence-corrected chi connectivity index (χ0v) is 12.2. The van der Waals surface area contributed by atoms with Gasteiger partial charge in [0.15, 0.2) is 0 Å². The molecule has 19 heavy (non-hydrogen) atoms. The molecule has 1 aromatic carbocycles. The fraction of sp³-hybridized carbons (Fsp3) is 0.600. The quantitative estimate of drug-likeness (QED) is 0.870. The van der Waals surface area contributed by atoms with Crippen molar-refractivity contribution in [2.75, 3.05) is 40.8 Å². The molecule has 2 atom stereocenters. The smallest absolute Gasteiger partial charge is 0.119 e. The molecule has 0 radical (unpaired) electrons. The van der Waals surface area contributed by atoms with E-state index in [0.717, 1.165) is 31.8 Å². The van der Waals surface area contributed by atoms with Crippen molar-refractivity contribution in [3.05, 3.63) is 29.8 Å². The minimum atomic E-state index is 0.341. The van der Waals surface area contributed by atoms with Gasteiger partial charge in [-0.3, -0.25) is 4.90 Å². The van der Waals surface area contributed by atoms with Crippen LogP contribution in [-0.2, 0) is 0 Å². The van der Waals surface area contributed by atoms with Crippen molar-refractivity contribution in [2.45, 2.75) is 18.5 Å². The third-order valence-corrected chi connectivity index (χ3v) is 3.84. The van der Waals surface area contributed by atoms with Crippen molar-refractivity contribution in [2.24, 2.45) is 5.73 Å². The topological polar surface area (TPSA) is 41.7 Å². The highest BCUT2D eigenvalue weighted by Gasteiger charge is 2.24. The molecule has 2 rings (SSSR count). The fourth-order valence-electron chi connectivity index (χ4n) is 2.69. The van der Waals surface area contributed by atoms with Crippen LogP contribution in [-0.4, -0.2) is 56.7 Å². The van der Waals surface area contributed by atoms with Crippen LogP contribution in [0.15, 0.2) is 24.3 Å². The van der Waals surface area contributed by atoms with Gasteiger partial charge in [0, 0.05) is 25.2 Å².